The van der Waals surface area contributed by atoms with Crippen LogP contribution in [0.15, 0.2) is 91.1 Å². The summed E-state index contributed by atoms with van der Waals surface area (Å²) >= 11 is 0. The summed E-state index contributed by atoms with van der Waals surface area (Å²) in [4.78, 5) is 17.1. The molecule has 1 radical (unpaired) electrons. The van der Waals surface area contributed by atoms with Crippen molar-refractivity contribution in [1.82, 2.24) is 30.0 Å². The number of aryl methyl sites for hydroxylation is 2. The smallest absolute Gasteiger partial charge is 0.310 e. The number of aromatic nitrogens is 4. The normalized spacial score (nSPS) is 16.6. The Bertz CT molecular complexity index is 1490. The summed E-state index contributed by atoms with van der Waals surface area (Å²) in [6.45, 7) is 0.868. The second-order valence-corrected chi connectivity index (χ2v) is 9.85. The van der Waals surface area contributed by atoms with Crippen LogP contribution in [0.1, 0.15) is 41.7 Å². The number of nitrogens with one attached hydrogen (secondary N) is 2. The predicted molar refractivity (Wildman–Crippen MR) is 149 cm³/mol. The van der Waals surface area contributed by atoms with Gasteiger partial charge < -0.3 is 10.3 Å². The second-order valence-electron chi connectivity index (χ2n) is 9.85. The van der Waals surface area contributed by atoms with Gasteiger partial charge in [0, 0.05) is 35.8 Å². The zero-order valence-corrected chi connectivity index (χ0v) is 21.3. The molecule has 6 rings (SSSR count). The van der Waals surface area contributed by atoms with E-state index in [0.29, 0.717) is 0 Å². The summed E-state index contributed by atoms with van der Waals surface area (Å²) < 4.78 is 2.22. The van der Waals surface area contributed by atoms with Crippen LogP contribution in [0.25, 0.3) is 16.6 Å². The van der Waals surface area contributed by atoms with Crippen LogP contribution in [0.2, 0.25) is 0 Å². The van der Waals surface area contributed by atoms with Crippen LogP contribution >= 0.6 is 0 Å². The first-order valence-corrected chi connectivity index (χ1v) is 13.3. The van der Waals surface area contributed by atoms with E-state index in [4.69, 9.17) is 10.2 Å². The van der Waals surface area contributed by atoms with E-state index in [9.17, 15) is 4.79 Å². The Kier molecular flexibility index (Phi) is 7.00. The molecule has 5 aromatic rings. The second kappa shape index (κ2) is 11.0. The van der Waals surface area contributed by atoms with Crippen molar-refractivity contribution in [3.63, 3.8) is 0 Å². The fourth-order valence-electron chi connectivity index (χ4n) is 5.72. The Morgan fingerprint density at radius 1 is 0.947 bits per heavy atom. The highest BCUT2D eigenvalue weighted by Crippen LogP contribution is 2.34. The third kappa shape index (κ3) is 4.85. The van der Waals surface area contributed by atoms with E-state index in [1.165, 1.54) is 16.5 Å². The molecule has 1 aliphatic rings. The van der Waals surface area contributed by atoms with Gasteiger partial charge in [0.15, 0.2) is 5.82 Å². The number of hydrogen-bond donors (Lipinski definition) is 2. The molecule has 0 saturated carbocycles. The molecule has 2 aromatic heterocycles. The standard InChI is InChI=1S/C31H31N6O/c38-22-33-29-16-9-19-36(29)28(20-24-21-32-27-15-8-7-14-26(24)27)31-35-34-30(18-17-23-10-3-1-4-11-23)37(31)25-12-5-2-6-13-25/h1-8,10-15,21,28-29,32H,9,16-20H2,(H,33,38)/t28-,29+/m1/s1. The Morgan fingerprint density at radius 3 is 2.53 bits per heavy atom. The van der Waals surface area contributed by atoms with Crippen molar-refractivity contribution in [2.75, 3.05) is 6.54 Å². The molecule has 38 heavy (non-hydrogen) atoms. The molecule has 1 aliphatic heterocycles. The number of H-pyrrole nitrogens is 1. The minimum atomic E-state index is -0.0867. The number of fused-ring (bicyclic) bond motifs is 1. The minimum Gasteiger partial charge on any atom is -0.361 e. The van der Waals surface area contributed by atoms with Gasteiger partial charge in [-0.25, -0.2) is 0 Å². The van der Waals surface area contributed by atoms with Crippen LogP contribution < -0.4 is 5.32 Å². The van der Waals surface area contributed by atoms with Crippen LogP contribution in [0.4, 0.5) is 0 Å². The van der Waals surface area contributed by atoms with E-state index in [0.717, 1.165) is 61.5 Å². The van der Waals surface area contributed by atoms with Crippen molar-refractivity contribution in [3.05, 3.63) is 114 Å². The molecule has 1 saturated heterocycles. The lowest BCUT2D eigenvalue weighted by Crippen LogP contribution is -2.44. The predicted octanol–water partition coefficient (Wildman–Crippen LogP) is 4.90. The highest BCUT2D eigenvalue weighted by molar-refractivity contribution is 5.83. The maximum atomic E-state index is 11.4. The number of aromatic amines is 1. The number of likely N-dealkylation sites (tertiary alicyclic amines) is 1. The van der Waals surface area contributed by atoms with Gasteiger partial charge in [-0.3, -0.25) is 14.3 Å². The number of benzene rings is 3. The van der Waals surface area contributed by atoms with Gasteiger partial charge in [0.2, 0.25) is 0 Å². The SMILES string of the molecule is O=[C]N[C@@H]1CCCN1[C@H](Cc1c[nH]c2ccccc12)c1nnc(CCc2ccccc2)n1-c1ccccc1. The maximum absolute atomic E-state index is 11.4. The van der Waals surface area contributed by atoms with Crippen molar-refractivity contribution in [1.29, 1.82) is 0 Å². The fraction of sp³-hybridized carbons (Fsp3) is 0.258. The highest BCUT2D eigenvalue weighted by Gasteiger charge is 2.35. The average Bonchev–Trinajstić information content (AvgIpc) is 3.71. The van der Waals surface area contributed by atoms with E-state index in [1.54, 1.807) is 0 Å². The van der Waals surface area contributed by atoms with E-state index >= 15 is 0 Å². The van der Waals surface area contributed by atoms with E-state index in [2.05, 4.69) is 92.7 Å². The largest absolute Gasteiger partial charge is 0.361 e. The van der Waals surface area contributed by atoms with Crippen molar-refractivity contribution >= 4 is 17.3 Å². The minimum absolute atomic E-state index is 0.0827. The molecule has 0 spiro atoms. The molecule has 1 fully saturated rings. The zero-order valence-electron chi connectivity index (χ0n) is 21.3. The number of carbonyl (C=O) groups excluding carboxylic acids is 1. The molecule has 7 nitrogen and oxygen atoms in total. The number of hydrogen-bond acceptors (Lipinski definition) is 4. The summed E-state index contributed by atoms with van der Waals surface area (Å²) in [6, 6.07) is 29.1. The Hall–Kier alpha value is -4.23. The Labute approximate surface area is 222 Å². The zero-order chi connectivity index (χ0) is 25.7. The monoisotopic (exact) mass is 503 g/mol. The third-order valence-corrected chi connectivity index (χ3v) is 7.56. The van der Waals surface area contributed by atoms with Crippen LogP contribution in [0, 0.1) is 0 Å². The van der Waals surface area contributed by atoms with Crippen LogP contribution in [-0.4, -0.2) is 43.8 Å². The van der Waals surface area contributed by atoms with Gasteiger partial charge in [-0.2, -0.15) is 0 Å². The number of rotatable bonds is 10. The first kappa shape index (κ1) is 24.1. The Balaban J connectivity index is 1.43. The average molecular weight is 504 g/mol. The molecule has 0 bridgehead atoms. The lowest BCUT2D eigenvalue weighted by molar-refractivity contribution is 0.159. The summed E-state index contributed by atoms with van der Waals surface area (Å²) in [6.07, 6.45) is 8.23. The van der Waals surface area contributed by atoms with Gasteiger partial charge in [-0.15, -0.1) is 10.2 Å². The molecule has 3 aromatic carbocycles. The number of para-hydroxylation sites is 2. The van der Waals surface area contributed by atoms with Crippen molar-refractivity contribution in [2.24, 2.45) is 0 Å². The van der Waals surface area contributed by atoms with Gasteiger partial charge in [0.1, 0.15) is 5.82 Å². The van der Waals surface area contributed by atoms with Crippen LogP contribution in [0.3, 0.4) is 0 Å². The van der Waals surface area contributed by atoms with Crippen molar-refractivity contribution in [2.45, 2.75) is 44.3 Å². The van der Waals surface area contributed by atoms with Crippen LogP contribution in [0.5, 0.6) is 0 Å². The first-order valence-electron chi connectivity index (χ1n) is 13.3. The molecular weight excluding hydrogens is 472 g/mol. The number of nitrogens with zero attached hydrogens (tertiary/aromatic N) is 4. The van der Waals surface area contributed by atoms with E-state index < -0.39 is 0 Å². The molecule has 7 heteroatoms. The summed E-state index contributed by atoms with van der Waals surface area (Å²) in [5.74, 6) is 1.83. The maximum Gasteiger partial charge on any atom is 0.310 e. The van der Waals surface area contributed by atoms with E-state index in [-0.39, 0.29) is 12.2 Å². The number of amides is 1. The van der Waals surface area contributed by atoms with Crippen molar-refractivity contribution < 1.29 is 4.79 Å². The lowest BCUT2D eigenvalue weighted by Gasteiger charge is -2.32. The lowest BCUT2D eigenvalue weighted by atomic mass is 10.0. The molecule has 3 heterocycles. The Morgan fingerprint density at radius 2 is 1.71 bits per heavy atom. The molecule has 2 atom stereocenters. The van der Waals surface area contributed by atoms with Crippen LogP contribution in [-0.2, 0) is 24.1 Å². The molecule has 1 amide bonds. The van der Waals surface area contributed by atoms with Gasteiger partial charge in [0.05, 0.1) is 12.2 Å². The molecule has 2 N–H and O–H groups in total. The third-order valence-electron chi connectivity index (χ3n) is 7.56. The van der Waals surface area contributed by atoms with Gasteiger partial charge >= 0.3 is 6.41 Å². The summed E-state index contributed by atoms with van der Waals surface area (Å²) in [7, 11) is 0. The summed E-state index contributed by atoms with van der Waals surface area (Å²) in [5, 5.41) is 13.7. The topological polar surface area (TPSA) is 78.8 Å². The molecule has 0 aliphatic carbocycles. The summed E-state index contributed by atoms with van der Waals surface area (Å²) in [5.41, 5.74) is 4.66. The molecule has 191 valence electrons. The van der Waals surface area contributed by atoms with E-state index in [1.807, 2.05) is 24.6 Å². The molecular formula is C31H31N6O. The quantitative estimate of drug-likeness (QED) is 0.266. The first-order chi connectivity index (χ1) is 18.8. The van der Waals surface area contributed by atoms with Gasteiger partial charge in [-0.1, -0.05) is 66.7 Å². The van der Waals surface area contributed by atoms with Crippen molar-refractivity contribution in [3.8, 4) is 5.69 Å². The molecule has 0 unspecified atom stereocenters. The fourth-order valence-corrected chi connectivity index (χ4v) is 5.72. The van der Waals surface area contributed by atoms with Gasteiger partial charge in [0.25, 0.3) is 0 Å². The van der Waals surface area contributed by atoms with Gasteiger partial charge in [-0.05, 0) is 55.0 Å². The highest BCUT2D eigenvalue weighted by atomic mass is 16.1.